The molecule has 1 atom stereocenters. The Hall–Kier alpha value is -1.32. The van der Waals surface area contributed by atoms with Crippen molar-refractivity contribution in [1.82, 2.24) is 0 Å². The van der Waals surface area contributed by atoms with E-state index in [0.717, 1.165) is 19.3 Å². The number of hydrogen-bond donors (Lipinski definition) is 0. The predicted octanol–water partition coefficient (Wildman–Crippen LogP) is 4.82. The zero-order chi connectivity index (χ0) is 18.9. The Kier molecular flexibility index (Phi) is 5.70. The summed E-state index contributed by atoms with van der Waals surface area (Å²) >= 11 is 0. The van der Waals surface area contributed by atoms with Crippen molar-refractivity contribution in [2.75, 3.05) is 13.2 Å². The van der Waals surface area contributed by atoms with E-state index in [-0.39, 0.29) is 24.0 Å². The first-order valence-corrected chi connectivity index (χ1v) is 9.74. The van der Waals surface area contributed by atoms with Gasteiger partial charge >= 0.3 is 11.9 Å². The second-order valence-electron chi connectivity index (χ2n) is 8.49. The van der Waals surface area contributed by atoms with E-state index < -0.39 is 17.4 Å². The molecule has 0 N–H and O–H groups in total. The third-order valence-corrected chi connectivity index (χ3v) is 6.42. The minimum Gasteiger partial charge on any atom is -0.465 e. The normalized spacial score (nSPS) is 27.4. The largest absolute Gasteiger partial charge is 0.465 e. The van der Waals surface area contributed by atoms with Crippen molar-refractivity contribution in [3.05, 3.63) is 11.1 Å². The summed E-state index contributed by atoms with van der Waals surface area (Å²) in [4.78, 5) is 26.0. The molecular weight excluding hydrogens is 316 g/mol. The fourth-order valence-corrected chi connectivity index (χ4v) is 4.82. The monoisotopic (exact) mass is 350 g/mol. The summed E-state index contributed by atoms with van der Waals surface area (Å²) in [5, 5.41) is 0. The van der Waals surface area contributed by atoms with Gasteiger partial charge < -0.3 is 9.47 Å². The first-order chi connectivity index (χ1) is 11.7. The summed E-state index contributed by atoms with van der Waals surface area (Å²) in [6.45, 7) is 13.0. The lowest BCUT2D eigenvalue weighted by Crippen LogP contribution is -2.51. The van der Waals surface area contributed by atoms with Gasteiger partial charge in [-0.05, 0) is 63.2 Å². The number of carbonyl (C=O) groups is 2. The smallest absolute Gasteiger partial charge is 0.323 e. The molecule has 0 aromatic rings. The van der Waals surface area contributed by atoms with Gasteiger partial charge in [0, 0.05) is 0 Å². The number of esters is 2. The Morgan fingerprint density at radius 1 is 0.960 bits per heavy atom. The molecule has 0 bridgehead atoms. The van der Waals surface area contributed by atoms with Crippen LogP contribution in [0, 0.1) is 16.2 Å². The summed E-state index contributed by atoms with van der Waals surface area (Å²) in [6.07, 6.45) is 5.18. The van der Waals surface area contributed by atoms with Gasteiger partial charge in [0.1, 0.15) is 0 Å². The van der Waals surface area contributed by atoms with E-state index in [1.165, 1.54) is 17.6 Å². The zero-order valence-electron chi connectivity index (χ0n) is 16.8. The van der Waals surface area contributed by atoms with Crippen LogP contribution in [0.4, 0.5) is 0 Å². The fourth-order valence-electron chi connectivity index (χ4n) is 4.82. The topological polar surface area (TPSA) is 52.6 Å². The van der Waals surface area contributed by atoms with E-state index in [9.17, 15) is 9.59 Å². The average molecular weight is 350 g/mol. The fraction of sp³-hybridized carbons (Fsp3) is 0.810. The van der Waals surface area contributed by atoms with Crippen LogP contribution < -0.4 is 0 Å². The van der Waals surface area contributed by atoms with Crippen LogP contribution in [0.1, 0.15) is 80.1 Å². The Bertz CT molecular complexity index is 554. The Morgan fingerprint density at radius 3 is 2.00 bits per heavy atom. The van der Waals surface area contributed by atoms with Crippen LogP contribution in [0.25, 0.3) is 0 Å². The van der Waals surface area contributed by atoms with Gasteiger partial charge in [-0.2, -0.15) is 0 Å². The third-order valence-electron chi connectivity index (χ3n) is 6.42. The Balaban J connectivity index is 2.61. The SMILES string of the molecule is CCOC(=O)C1(C(=O)OCC)CC2=C(CCCC2(C)C)C(C)(CC)C1. The molecule has 0 amide bonds. The maximum absolute atomic E-state index is 13.0. The van der Waals surface area contributed by atoms with E-state index in [1.807, 2.05) is 0 Å². The van der Waals surface area contributed by atoms with E-state index >= 15 is 0 Å². The van der Waals surface area contributed by atoms with Gasteiger partial charge in [-0.3, -0.25) is 9.59 Å². The Morgan fingerprint density at radius 2 is 1.52 bits per heavy atom. The predicted molar refractivity (Wildman–Crippen MR) is 98.0 cm³/mol. The summed E-state index contributed by atoms with van der Waals surface area (Å²) in [7, 11) is 0. The lowest BCUT2D eigenvalue weighted by molar-refractivity contribution is -0.175. The van der Waals surface area contributed by atoms with E-state index in [0.29, 0.717) is 12.8 Å². The highest BCUT2D eigenvalue weighted by molar-refractivity contribution is 6.01. The van der Waals surface area contributed by atoms with Crippen LogP contribution >= 0.6 is 0 Å². The van der Waals surface area contributed by atoms with Gasteiger partial charge in [0.05, 0.1) is 13.2 Å². The van der Waals surface area contributed by atoms with Gasteiger partial charge in [0.2, 0.25) is 0 Å². The summed E-state index contributed by atoms with van der Waals surface area (Å²) in [5.74, 6) is -0.831. The van der Waals surface area contributed by atoms with Crippen LogP contribution in [0.5, 0.6) is 0 Å². The molecule has 0 spiro atoms. The standard InChI is InChI=1S/C21H34O4/c1-7-20(6)14-21(17(22)24-8-2,18(23)25-9-3)13-16-15(20)11-10-12-19(16,4)5/h7-14H2,1-6H3. The quantitative estimate of drug-likeness (QED) is 0.405. The molecule has 4 nitrogen and oxygen atoms in total. The zero-order valence-corrected chi connectivity index (χ0v) is 16.8. The van der Waals surface area contributed by atoms with Crippen molar-refractivity contribution < 1.29 is 19.1 Å². The molecular formula is C21H34O4. The summed E-state index contributed by atoms with van der Waals surface area (Å²) < 4.78 is 10.8. The molecule has 25 heavy (non-hydrogen) atoms. The minimum atomic E-state index is -1.20. The number of allylic oxidation sites excluding steroid dienone is 2. The molecule has 0 heterocycles. The molecule has 0 fully saturated rings. The van der Waals surface area contributed by atoms with Crippen LogP contribution in [-0.2, 0) is 19.1 Å². The first kappa shape index (κ1) is 20.0. The van der Waals surface area contributed by atoms with Crippen LogP contribution in [0.15, 0.2) is 11.1 Å². The summed E-state index contributed by atoms with van der Waals surface area (Å²) in [6, 6.07) is 0. The molecule has 0 radical (unpaired) electrons. The molecule has 0 aromatic carbocycles. The van der Waals surface area contributed by atoms with Crippen molar-refractivity contribution in [1.29, 1.82) is 0 Å². The first-order valence-electron chi connectivity index (χ1n) is 9.74. The maximum Gasteiger partial charge on any atom is 0.323 e. The number of rotatable bonds is 5. The second kappa shape index (κ2) is 7.13. The third kappa shape index (κ3) is 3.37. The molecule has 2 aliphatic rings. The van der Waals surface area contributed by atoms with E-state index in [2.05, 4.69) is 27.7 Å². The molecule has 2 rings (SSSR count). The highest BCUT2D eigenvalue weighted by Crippen LogP contribution is 2.59. The lowest BCUT2D eigenvalue weighted by Gasteiger charge is -2.51. The van der Waals surface area contributed by atoms with Crippen LogP contribution in [-0.4, -0.2) is 25.2 Å². The van der Waals surface area contributed by atoms with Gasteiger partial charge in [0.25, 0.3) is 0 Å². The highest BCUT2D eigenvalue weighted by atomic mass is 16.6. The maximum atomic E-state index is 13.0. The molecule has 0 saturated heterocycles. The Labute approximate surface area is 152 Å². The number of ether oxygens (including phenoxy) is 2. The molecule has 142 valence electrons. The number of hydrogen-bond acceptors (Lipinski definition) is 4. The second-order valence-corrected chi connectivity index (χ2v) is 8.49. The van der Waals surface area contributed by atoms with Crippen molar-refractivity contribution >= 4 is 11.9 Å². The average Bonchev–Trinajstić information content (AvgIpc) is 2.55. The molecule has 0 aromatic heterocycles. The minimum absolute atomic E-state index is 0.00860. The molecule has 4 heteroatoms. The molecule has 0 aliphatic heterocycles. The summed E-state index contributed by atoms with van der Waals surface area (Å²) in [5.41, 5.74) is 1.40. The lowest BCUT2D eigenvalue weighted by atomic mass is 9.52. The number of carbonyl (C=O) groups excluding carboxylic acids is 2. The van der Waals surface area contributed by atoms with Gasteiger partial charge in [0.15, 0.2) is 5.41 Å². The van der Waals surface area contributed by atoms with Crippen molar-refractivity contribution in [2.45, 2.75) is 80.1 Å². The van der Waals surface area contributed by atoms with Gasteiger partial charge in [-0.25, -0.2) is 0 Å². The van der Waals surface area contributed by atoms with Gasteiger partial charge in [-0.15, -0.1) is 0 Å². The van der Waals surface area contributed by atoms with Crippen molar-refractivity contribution in [3.8, 4) is 0 Å². The molecule has 1 unspecified atom stereocenters. The van der Waals surface area contributed by atoms with E-state index in [4.69, 9.17) is 9.47 Å². The molecule has 0 saturated carbocycles. The van der Waals surface area contributed by atoms with Gasteiger partial charge in [-0.1, -0.05) is 38.8 Å². The van der Waals surface area contributed by atoms with E-state index in [1.54, 1.807) is 13.8 Å². The van der Waals surface area contributed by atoms with Crippen LogP contribution in [0.2, 0.25) is 0 Å². The van der Waals surface area contributed by atoms with Crippen LogP contribution in [0.3, 0.4) is 0 Å². The van der Waals surface area contributed by atoms with Crippen molar-refractivity contribution in [3.63, 3.8) is 0 Å². The van der Waals surface area contributed by atoms with Crippen molar-refractivity contribution in [2.24, 2.45) is 16.2 Å². The molecule has 2 aliphatic carbocycles. The highest BCUT2D eigenvalue weighted by Gasteiger charge is 2.58.